The molecule has 4 heteroatoms. The minimum absolute atomic E-state index is 0.0138. The van der Waals surface area contributed by atoms with Crippen LogP contribution in [0.25, 0.3) is 0 Å². The number of hydrogen-bond donors (Lipinski definition) is 1. The molecule has 0 heterocycles. The number of rotatable bonds is 4. The number of benzene rings is 1. The van der Waals surface area contributed by atoms with Crippen LogP contribution in [0.5, 0.6) is 0 Å². The molecule has 0 bridgehead atoms. The number of amides is 1. The first-order valence-electron chi connectivity index (χ1n) is 5.30. The third kappa shape index (κ3) is 3.69. The van der Waals surface area contributed by atoms with Gasteiger partial charge in [-0.2, -0.15) is 0 Å². The van der Waals surface area contributed by atoms with E-state index in [0.717, 1.165) is 12.8 Å². The molecule has 1 rings (SSSR count). The van der Waals surface area contributed by atoms with Crippen molar-refractivity contribution in [1.82, 2.24) is 0 Å². The Bertz CT molecular complexity index is 379. The van der Waals surface area contributed by atoms with Crippen LogP contribution in [0.4, 0.5) is 5.69 Å². The first-order valence-corrected chi connectivity index (χ1v) is 6.06. The van der Waals surface area contributed by atoms with E-state index >= 15 is 0 Å². The fourth-order valence-electron chi connectivity index (χ4n) is 1.41. The summed E-state index contributed by atoms with van der Waals surface area (Å²) in [5.41, 5.74) is 0.571. The van der Waals surface area contributed by atoms with Crippen molar-refractivity contribution >= 4 is 34.8 Å². The third-order valence-corrected chi connectivity index (χ3v) is 2.92. The van der Waals surface area contributed by atoms with Crippen molar-refractivity contribution < 1.29 is 4.79 Å². The minimum Gasteiger partial charge on any atom is -0.324 e. The van der Waals surface area contributed by atoms with Crippen molar-refractivity contribution in [2.24, 2.45) is 5.92 Å². The standard InChI is InChI=1S/C12H15Cl2NO/c1-3-4-8(2)12(16)15-11-7-9(13)5-6-10(11)14/h5-8H,3-4H2,1-2H3,(H,15,16)/t8-/m0/s1. The molecule has 1 aromatic rings. The highest BCUT2D eigenvalue weighted by atomic mass is 35.5. The van der Waals surface area contributed by atoms with Gasteiger partial charge in [-0.1, -0.05) is 43.5 Å². The van der Waals surface area contributed by atoms with E-state index in [1.54, 1.807) is 18.2 Å². The van der Waals surface area contributed by atoms with Crippen molar-refractivity contribution in [3.8, 4) is 0 Å². The molecule has 1 aromatic carbocycles. The summed E-state index contributed by atoms with van der Waals surface area (Å²) in [6.07, 6.45) is 1.85. The molecule has 0 saturated carbocycles. The monoisotopic (exact) mass is 259 g/mol. The molecule has 0 radical (unpaired) electrons. The van der Waals surface area contributed by atoms with Gasteiger partial charge in [0.25, 0.3) is 0 Å². The van der Waals surface area contributed by atoms with Crippen LogP contribution in [-0.4, -0.2) is 5.91 Å². The zero-order chi connectivity index (χ0) is 12.1. The van der Waals surface area contributed by atoms with Gasteiger partial charge in [-0.3, -0.25) is 4.79 Å². The largest absolute Gasteiger partial charge is 0.324 e. The van der Waals surface area contributed by atoms with Crippen molar-refractivity contribution in [2.45, 2.75) is 26.7 Å². The van der Waals surface area contributed by atoms with E-state index in [2.05, 4.69) is 12.2 Å². The number of carbonyl (C=O) groups is 1. The molecule has 1 amide bonds. The lowest BCUT2D eigenvalue weighted by Crippen LogP contribution is -2.20. The van der Waals surface area contributed by atoms with Gasteiger partial charge in [0.15, 0.2) is 0 Å². The number of hydrogen-bond acceptors (Lipinski definition) is 1. The normalized spacial score (nSPS) is 12.2. The second-order valence-electron chi connectivity index (χ2n) is 3.80. The van der Waals surface area contributed by atoms with Gasteiger partial charge in [0.05, 0.1) is 10.7 Å². The van der Waals surface area contributed by atoms with E-state index in [1.165, 1.54) is 0 Å². The quantitative estimate of drug-likeness (QED) is 0.855. The molecule has 2 nitrogen and oxygen atoms in total. The topological polar surface area (TPSA) is 29.1 Å². The zero-order valence-corrected chi connectivity index (χ0v) is 10.9. The minimum atomic E-state index is -0.0222. The molecule has 0 aliphatic rings. The van der Waals surface area contributed by atoms with Gasteiger partial charge in [-0.25, -0.2) is 0 Å². The van der Waals surface area contributed by atoms with Crippen LogP contribution in [0.1, 0.15) is 26.7 Å². The van der Waals surface area contributed by atoms with E-state index in [-0.39, 0.29) is 11.8 Å². The Morgan fingerprint density at radius 2 is 2.12 bits per heavy atom. The lowest BCUT2D eigenvalue weighted by Gasteiger charge is -2.12. The fourth-order valence-corrected chi connectivity index (χ4v) is 1.75. The molecule has 0 unspecified atom stereocenters. The number of anilines is 1. The molecule has 0 fully saturated rings. The first kappa shape index (κ1) is 13.3. The Labute approximate surface area is 106 Å². The molecule has 1 atom stereocenters. The van der Waals surface area contributed by atoms with Gasteiger partial charge in [-0.05, 0) is 24.6 Å². The lowest BCUT2D eigenvalue weighted by atomic mass is 10.1. The summed E-state index contributed by atoms with van der Waals surface area (Å²) in [5, 5.41) is 3.84. The van der Waals surface area contributed by atoms with Gasteiger partial charge in [0.2, 0.25) is 5.91 Å². The summed E-state index contributed by atoms with van der Waals surface area (Å²) in [6, 6.07) is 5.01. The van der Waals surface area contributed by atoms with Crippen molar-refractivity contribution in [3.63, 3.8) is 0 Å². The van der Waals surface area contributed by atoms with Crippen LogP contribution in [-0.2, 0) is 4.79 Å². The van der Waals surface area contributed by atoms with Gasteiger partial charge >= 0.3 is 0 Å². The average Bonchev–Trinajstić information content (AvgIpc) is 2.23. The maximum atomic E-state index is 11.8. The molecule has 1 N–H and O–H groups in total. The molecule has 0 saturated heterocycles. The highest BCUT2D eigenvalue weighted by molar-refractivity contribution is 6.35. The van der Waals surface area contributed by atoms with Crippen LogP contribution >= 0.6 is 23.2 Å². The number of carbonyl (C=O) groups excluding carboxylic acids is 1. The van der Waals surface area contributed by atoms with E-state index in [1.807, 2.05) is 6.92 Å². The summed E-state index contributed by atoms with van der Waals surface area (Å²) in [6.45, 7) is 3.95. The molecule has 0 spiro atoms. The van der Waals surface area contributed by atoms with Gasteiger partial charge in [0.1, 0.15) is 0 Å². The summed E-state index contributed by atoms with van der Waals surface area (Å²) >= 11 is 11.8. The van der Waals surface area contributed by atoms with Crippen molar-refractivity contribution in [3.05, 3.63) is 28.2 Å². The zero-order valence-electron chi connectivity index (χ0n) is 9.39. The van der Waals surface area contributed by atoms with Gasteiger partial charge in [0, 0.05) is 10.9 Å². The average molecular weight is 260 g/mol. The Balaban J connectivity index is 2.72. The summed E-state index contributed by atoms with van der Waals surface area (Å²) in [5.74, 6) is -0.0361. The lowest BCUT2D eigenvalue weighted by molar-refractivity contribution is -0.119. The fraction of sp³-hybridized carbons (Fsp3) is 0.417. The van der Waals surface area contributed by atoms with E-state index in [4.69, 9.17) is 23.2 Å². The van der Waals surface area contributed by atoms with Crippen LogP contribution in [0.2, 0.25) is 10.0 Å². The first-order chi connectivity index (χ1) is 7.54. The van der Waals surface area contributed by atoms with Crippen LogP contribution in [0.15, 0.2) is 18.2 Å². The molecule has 16 heavy (non-hydrogen) atoms. The summed E-state index contributed by atoms with van der Waals surface area (Å²) in [4.78, 5) is 11.8. The number of nitrogens with one attached hydrogen (secondary N) is 1. The Hall–Kier alpha value is -0.730. The van der Waals surface area contributed by atoms with Gasteiger partial charge < -0.3 is 5.32 Å². The molecule has 0 aliphatic carbocycles. The Morgan fingerprint density at radius 3 is 2.75 bits per heavy atom. The van der Waals surface area contributed by atoms with Crippen LogP contribution < -0.4 is 5.32 Å². The highest BCUT2D eigenvalue weighted by Gasteiger charge is 2.13. The molecule has 0 aromatic heterocycles. The maximum Gasteiger partial charge on any atom is 0.227 e. The highest BCUT2D eigenvalue weighted by Crippen LogP contribution is 2.26. The maximum absolute atomic E-state index is 11.8. The molecular weight excluding hydrogens is 245 g/mol. The summed E-state index contributed by atoms with van der Waals surface area (Å²) < 4.78 is 0. The predicted molar refractivity (Wildman–Crippen MR) is 69.2 cm³/mol. The Morgan fingerprint density at radius 1 is 1.44 bits per heavy atom. The van der Waals surface area contributed by atoms with Gasteiger partial charge in [-0.15, -0.1) is 0 Å². The molecular formula is C12H15Cl2NO. The van der Waals surface area contributed by atoms with E-state index in [0.29, 0.717) is 15.7 Å². The Kier molecular flexibility index (Phi) is 5.10. The third-order valence-electron chi connectivity index (χ3n) is 2.36. The smallest absolute Gasteiger partial charge is 0.227 e. The summed E-state index contributed by atoms with van der Waals surface area (Å²) in [7, 11) is 0. The molecule has 0 aliphatic heterocycles. The van der Waals surface area contributed by atoms with Crippen molar-refractivity contribution in [2.75, 3.05) is 5.32 Å². The second-order valence-corrected chi connectivity index (χ2v) is 4.65. The van der Waals surface area contributed by atoms with Crippen molar-refractivity contribution in [1.29, 1.82) is 0 Å². The molecule has 88 valence electrons. The van der Waals surface area contributed by atoms with Crippen LogP contribution in [0, 0.1) is 5.92 Å². The van der Waals surface area contributed by atoms with E-state index < -0.39 is 0 Å². The number of halogens is 2. The van der Waals surface area contributed by atoms with E-state index in [9.17, 15) is 4.79 Å². The second kappa shape index (κ2) is 6.12. The predicted octanol–water partition coefficient (Wildman–Crippen LogP) is 4.37. The van der Waals surface area contributed by atoms with Crippen LogP contribution in [0.3, 0.4) is 0 Å². The SMILES string of the molecule is CCC[C@H](C)C(=O)Nc1cc(Cl)ccc1Cl.